The highest BCUT2D eigenvalue weighted by Gasteiger charge is 2.49. The molecule has 4 rings (SSSR count). The van der Waals surface area contributed by atoms with E-state index in [0.717, 1.165) is 9.21 Å². The molecule has 0 aromatic heterocycles. The topological polar surface area (TPSA) is 90.0 Å². The lowest BCUT2D eigenvalue weighted by atomic mass is 9.92. The van der Waals surface area contributed by atoms with E-state index in [1.807, 2.05) is 0 Å². The van der Waals surface area contributed by atoms with Crippen LogP contribution in [0, 0.1) is 17.5 Å². The minimum atomic E-state index is -4.39. The van der Waals surface area contributed by atoms with Gasteiger partial charge in [0, 0.05) is 26.2 Å². The zero-order valence-electron chi connectivity index (χ0n) is 17.6. The second-order valence-corrected chi connectivity index (χ2v) is 9.90. The lowest BCUT2D eigenvalue weighted by Gasteiger charge is -2.35. The van der Waals surface area contributed by atoms with Gasteiger partial charge >= 0.3 is 6.03 Å². The van der Waals surface area contributed by atoms with Crippen LogP contribution in [0.15, 0.2) is 47.4 Å². The predicted molar refractivity (Wildman–Crippen MR) is 111 cm³/mol. The highest BCUT2D eigenvalue weighted by atomic mass is 32.2. The molecule has 1 atom stereocenters. The molecule has 2 aromatic carbocycles. The Balaban J connectivity index is 1.43. The maximum Gasteiger partial charge on any atom is 0.326 e. The van der Waals surface area contributed by atoms with Gasteiger partial charge in [-0.2, -0.15) is 4.31 Å². The van der Waals surface area contributed by atoms with Crippen molar-refractivity contribution < 1.29 is 31.2 Å². The largest absolute Gasteiger partial charge is 0.326 e. The molecule has 2 heterocycles. The van der Waals surface area contributed by atoms with Gasteiger partial charge in [-0.25, -0.2) is 31.3 Å². The maximum absolute atomic E-state index is 14.0. The van der Waals surface area contributed by atoms with Crippen LogP contribution in [-0.4, -0.2) is 67.3 Å². The van der Waals surface area contributed by atoms with Crippen LogP contribution >= 0.6 is 0 Å². The van der Waals surface area contributed by atoms with Gasteiger partial charge in [0.2, 0.25) is 10.0 Å². The van der Waals surface area contributed by atoms with Crippen LogP contribution in [0.4, 0.5) is 18.0 Å². The molecule has 0 aliphatic carbocycles. The fourth-order valence-electron chi connectivity index (χ4n) is 3.95. The van der Waals surface area contributed by atoms with Crippen LogP contribution in [-0.2, 0) is 20.4 Å². The summed E-state index contributed by atoms with van der Waals surface area (Å²) in [5, 5.41) is 2.70. The molecule has 2 aromatic rings. The number of nitrogens with zero attached hydrogens (tertiary/aromatic N) is 3. The number of rotatable bonds is 5. The molecule has 2 fully saturated rings. The van der Waals surface area contributed by atoms with E-state index in [1.165, 1.54) is 0 Å². The number of benzene rings is 2. The van der Waals surface area contributed by atoms with E-state index < -0.39 is 49.8 Å². The van der Waals surface area contributed by atoms with E-state index >= 15 is 0 Å². The smallest absolute Gasteiger partial charge is 0.319 e. The Morgan fingerprint density at radius 2 is 1.58 bits per heavy atom. The van der Waals surface area contributed by atoms with Crippen molar-refractivity contribution in [2.45, 2.75) is 17.4 Å². The number of urea groups is 1. The molecule has 8 nitrogen and oxygen atoms in total. The Morgan fingerprint density at radius 1 is 0.939 bits per heavy atom. The van der Waals surface area contributed by atoms with Gasteiger partial charge in [-0.3, -0.25) is 9.69 Å². The van der Waals surface area contributed by atoms with Crippen molar-refractivity contribution in [3.8, 4) is 0 Å². The molecule has 2 aliphatic heterocycles. The number of halogens is 3. The Hall–Kier alpha value is -2.96. The normalized spacial score (nSPS) is 22.6. The third kappa shape index (κ3) is 3.98. The molecule has 0 saturated carbocycles. The molecule has 0 unspecified atom stereocenters. The van der Waals surface area contributed by atoms with Crippen molar-refractivity contribution in [1.82, 2.24) is 19.4 Å². The van der Waals surface area contributed by atoms with E-state index in [1.54, 1.807) is 42.2 Å². The lowest BCUT2D eigenvalue weighted by molar-refractivity contribution is -0.132. The van der Waals surface area contributed by atoms with Crippen LogP contribution in [0.25, 0.3) is 0 Å². The van der Waals surface area contributed by atoms with Gasteiger partial charge < -0.3 is 5.32 Å². The first kappa shape index (κ1) is 23.2. The number of hydrogen-bond donors (Lipinski definition) is 1. The second-order valence-electron chi connectivity index (χ2n) is 7.99. The number of sulfonamides is 1. The van der Waals surface area contributed by atoms with Crippen molar-refractivity contribution in [3.05, 3.63) is 65.5 Å². The Bertz CT molecular complexity index is 1200. The SMILES string of the molecule is C[C@]1(c2ccccc2)NC(=O)N(CN2CCN(S(=O)(=O)c3ccc(F)c(F)c3F)CC2)C1=O. The molecule has 0 spiro atoms. The third-order valence-electron chi connectivity index (χ3n) is 5.92. The molecular weight excluding hydrogens is 461 g/mol. The number of imide groups is 1. The van der Waals surface area contributed by atoms with Gasteiger partial charge in [0.15, 0.2) is 17.5 Å². The van der Waals surface area contributed by atoms with Gasteiger partial charge in [0.05, 0.1) is 6.67 Å². The maximum atomic E-state index is 14.0. The molecule has 0 radical (unpaired) electrons. The fourth-order valence-corrected chi connectivity index (χ4v) is 5.43. The van der Waals surface area contributed by atoms with E-state index in [9.17, 15) is 31.2 Å². The van der Waals surface area contributed by atoms with Crippen molar-refractivity contribution in [2.24, 2.45) is 0 Å². The number of carbonyl (C=O) groups excluding carboxylic acids is 2. The molecule has 33 heavy (non-hydrogen) atoms. The Kier molecular flexibility index (Phi) is 5.93. The average Bonchev–Trinajstić information content (AvgIpc) is 3.02. The van der Waals surface area contributed by atoms with Crippen molar-refractivity contribution in [3.63, 3.8) is 0 Å². The van der Waals surface area contributed by atoms with Crippen LogP contribution in [0.5, 0.6) is 0 Å². The second kappa shape index (κ2) is 8.43. The summed E-state index contributed by atoms with van der Waals surface area (Å²) in [4.78, 5) is 27.4. The first-order valence-electron chi connectivity index (χ1n) is 10.1. The zero-order valence-corrected chi connectivity index (χ0v) is 18.4. The molecule has 176 valence electrons. The molecule has 2 aliphatic rings. The molecule has 1 N–H and O–H groups in total. The molecular formula is C21H21F3N4O4S. The molecule has 0 bridgehead atoms. The first-order chi connectivity index (χ1) is 15.6. The standard InChI is InChI=1S/C21H21F3N4O4S/c1-21(14-5-3-2-4-6-14)19(29)28(20(30)25-21)13-26-9-11-27(12-10-26)33(31,32)16-8-7-15(22)17(23)18(16)24/h2-8H,9-13H2,1H3,(H,25,30)/t21-/m1/s1. The predicted octanol–water partition coefficient (Wildman–Crippen LogP) is 1.83. The Morgan fingerprint density at radius 3 is 2.21 bits per heavy atom. The van der Waals surface area contributed by atoms with E-state index in [0.29, 0.717) is 17.7 Å². The fraction of sp³-hybridized carbons (Fsp3) is 0.333. The van der Waals surface area contributed by atoms with Gasteiger partial charge in [0.25, 0.3) is 5.91 Å². The van der Waals surface area contributed by atoms with Crippen molar-refractivity contribution in [2.75, 3.05) is 32.8 Å². The van der Waals surface area contributed by atoms with Gasteiger partial charge in [-0.05, 0) is 24.6 Å². The summed E-state index contributed by atoms with van der Waals surface area (Å²) in [6, 6.07) is 9.48. The molecule has 12 heteroatoms. The summed E-state index contributed by atoms with van der Waals surface area (Å²) in [6.45, 7) is 1.68. The van der Waals surface area contributed by atoms with Crippen molar-refractivity contribution >= 4 is 22.0 Å². The average molecular weight is 482 g/mol. The number of piperazine rings is 1. The van der Waals surface area contributed by atoms with Gasteiger partial charge in [-0.15, -0.1) is 0 Å². The monoisotopic (exact) mass is 482 g/mol. The van der Waals surface area contributed by atoms with Gasteiger partial charge in [-0.1, -0.05) is 30.3 Å². The number of carbonyl (C=O) groups is 2. The minimum absolute atomic E-state index is 0.0550. The van der Waals surface area contributed by atoms with Gasteiger partial charge in [0.1, 0.15) is 10.4 Å². The summed E-state index contributed by atoms with van der Waals surface area (Å²) in [5.41, 5.74) is -0.580. The summed E-state index contributed by atoms with van der Waals surface area (Å²) >= 11 is 0. The highest BCUT2D eigenvalue weighted by molar-refractivity contribution is 7.89. The van der Waals surface area contributed by atoms with E-state index in [-0.39, 0.29) is 32.8 Å². The number of nitrogens with one attached hydrogen (secondary N) is 1. The van der Waals surface area contributed by atoms with E-state index in [2.05, 4.69) is 5.32 Å². The molecule has 3 amide bonds. The Labute approximate surface area is 188 Å². The summed E-state index contributed by atoms with van der Waals surface area (Å²) in [5.74, 6) is -5.53. The van der Waals surface area contributed by atoms with Crippen LogP contribution in [0.3, 0.4) is 0 Å². The third-order valence-corrected chi connectivity index (χ3v) is 7.83. The highest BCUT2D eigenvalue weighted by Crippen LogP contribution is 2.29. The summed E-state index contributed by atoms with van der Waals surface area (Å²) < 4.78 is 67.1. The number of hydrogen-bond acceptors (Lipinski definition) is 5. The number of amides is 3. The van der Waals surface area contributed by atoms with Crippen LogP contribution in [0.1, 0.15) is 12.5 Å². The summed E-state index contributed by atoms with van der Waals surface area (Å²) in [6.07, 6.45) is 0. The zero-order chi connectivity index (χ0) is 24.0. The first-order valence-corrected chi connectivity index (χ1v) is 11.6. The minimum Gasteiger partial charge on any atom is -0.319 e. The molecule has 2 saturated heterocycles. The van der Waals surface area contributed by atoms with E-state index in [4.69, 9.17) is 0 Å². The van der Waals surface area contributed by atoms with Crippen LogP contribution < -0.4 is 5.32 Å². The van der Waals surface area contributed by atoms with Crippen LogP contribution in [0.2, 0.25) is 0 Å². The quantitative estimate of drug-likeness (QED) is 0.519. The lowest BCUT2D eigenvalue weighted by Crippen LogP contribution is -2.52. The summed E-state index contributed by atoms with van der Waals surface area (Å²) in [7, 11) is -4.39. The van der Waals surface area contributed by atoms with Crippen molar-refractivity contribution in [1.29, 1.82) is 0 Å².